The van der Waals surface area contributed by atoms with Crippen LogP contribution in [0.15, 0.2) is 5.10 Å². The van der Waals surface area contributed by atoms with Crippen LogP contribution in [-0.2, 0) is 9.84 Å². The van der Waals surface area contributed by atoms with E-state index in [4.69, 9.17) is 12.2 Å². The summed E-state index contributed by atoms with van der Waals surface area (Å²) in [7, 11) is -1.22. The molecule has 1 aliphatic rings. The Balaban J connectivity index is 2.20. The molecule has 0 spiro atoms. The molecule has 21 heavy (non-hydrogen) atoms. The van der Waals surface area contributed by atoms with Crippen LogP contribution in [0.5, 0.6) is 0 Å². The van der Waals surface area contributed by atoms with Crippen molar-refractivity contribution in [3.8, 4) is 0 Å². The summed E-state index contributed by atoms with van der Waals surface area (Å²) in [6.07, 6.45) is 2.27. The molecule has 2 heterocycles. The molecule has 0 amide bonds. The van der Waals surface area contributed by atoms with E-state index in [-0.39, 0.29) is 17.5 Å². The number of aryl methyl sites for hydroxylation is 1. The molecule has 0 bridgehead atoms. The third-order valence-corrected chi connectivity index (χ3v) is 5.57. The van der Waals surface area contributed by atoms with Gasteiger partial charge < -0.3 is 5.32 Å². The van der Waals surface area contributed by atoms with Crippen molar-refractivity contribution < 1.29 is 8.42 Å². The van der Waals surface area contributed by atoms with E-state index in [1.54, 1.807) is 17.9 Å². The summed E-state index contributed by atoms with van der Waals surface area (Å²) in [6.45, 7) is 3.80. The van der Waals surface area contributed by atoms with E-state index in [9.17, 15) is 8.42 Å². The zero-order valence-corrected chi connectivity index (χ0v) is 13.9. The predicted octanol–water partition coefficient (Wildman–Crippen LogP) is 0.287. The van der Waals surface area contributed by atoms with Gasteiger partial charge in [0.2, 0.25) is 0 Å². The monoisotopic (exact) mass is 329 g/mol. The summed E-state index contributed by atoms with van der Waals surface area (Å²) in [6, 6.07) is -0.0813. The number of nitrogens with zero attached hydrogens (tertiary/aromatic N) is 3. The number of sulfone groups is 1. The topological polar surface area (TPSA) is 88.4 Å². The van der Waals surface area contributed by atoms with Crippen LogP contribution in [-0.4, -0.2) is 48.1 Å². The molecule has 1 saturated heterocycles. The van der Waals surface area contributed by atoms with E-state index >= 15 is 0 Å². The van der Waals surface area contributed by atoms with Crippen molar-refractivity contribution in [1.82, 2.24) is 20.5 Å². The normalized spacial score (nSPS) is 20.8. The minimum Gasteiger partial charge on any atom is -0.364 e. The Hall–Kier alpha value is -1.48. The Morgan fingerprint density at radius 1 is 1.52 bits per heavy atom. The molecule has 9 heteroatoms. The van der Waals surface area contributed by atoms with Crippen LogP contribution < -0.4 is 10.7 Å². The third-order valence-electron chi connectivity index (χ3n) is 3.52. The van der Waals surface area contributed by atoms with E-state index in [1.165, 1.54) is 0 Å². The minimum atomic E-state index is -2.93. The Labute approximate surface area is 129 Å². The lowest BCUT2D eigenvalue weighted by molar-refractivity contribution is 0.486. The summed E-state index contributed by atoms with van der Waals surface area (Å²) < 4.78 is 25.0. The highest BCUT2D eigenvalue weighted by Crippen LogP contribution is 2.26. The smallest absolute Gasteiger partial charge is 0.186 e. The third kappa shape index (κ3) is 3.59. The van der Waals surface area contributed by atoms with Crippen LogP contribution in [0.1, 0.15) is 29.4 Å². The zero-order valence-electron chi connectivity index (χ0n) is 12.3. The standard InChI is InChI=1S/C12H19N5O2S2/c1-8-11(6-14-15-12(20)13-3)9(2)17(16-8)10-4-5-21(18,19)7-10/h6,10H,4-5,7H2,1-3H3,(H2,13,15,20)/b14-6-/t10-/m1/s1. The van der Waals surface area contributed by atoms with E-state index in [0.29, 0.717) is 11.5 Å². The van der Waals surface area contributed by atoms with Crippen LogP contribution in [0.4, 0.5) is 0 Å². The van der Waals surface area contributed by atoms with Gasteiger partial charge in [0, 0.05) is 18.3 Å². The lowest BCUT2D eigenvalue weighted by Gasteiger charge is -2.10. The zero-order chi connectivity index (χ0) is 15.6. The van der Waals surface area contributed by atoms with E-state index in [1.807, 2.05) is 13.8 Å². The minimum absolute atomic E-state index is 0.0813. The predicted molar refractivity (Wildman–Crippen MR) is 86.4 cm³/mol. The first kappa shape index (κ1) is 15.9. The van der Waals surface area contributed by atoms with Crippen LogP contribution in [0.3, 0.4) is 0 Å². The Morgan fingerprint density at radius 3 is 2.81 bits per heavy atom. The maximum atomic E-state index is 11.6. The number of thiocarbonyl (C=S) groups is 1. The molecule has 1 fully saturated rings. The highest BCUT2D eigenvalue weighted by Gasteiger charge is 2.31. The second-order valence-corrected chi connectivity index (χ2v) is 7.67. The SMILES string of the molecule is CNC(=S)N/N=C\c1c(C)nn([C@@H]2CCS(=O)(=O)C2)c1C. The van der Waals surface area contributed by atoms with E-state index in [2.05, 4.69) is 20.9 Å². The Morgan fingerprint density at radius 2 is 2.24 bits per heavy atom. The van der Waals surface area contributed by atoms with Crippen molar-refractivity contribution in [2.75, 3.05) is 18.6 Å². The van der Waals surface area contributed by atoms with Gasteiger partial charge in [-0.2, -0.15) is 10.2 Å². The van der Waals surface area contributed by atoms with E-state index < -0.39 is 9.84 Å². The number of hydrazone groups is 1. The molecule has 0 unspecified atom stereocenters. The fraction of sp³-hybridized carbons (Fsp3) is 0.583. The molecule has 0 radical (unpaired) electrons. The Bertz CT molecular complexity index is 678. The molecule has 1 aromatic heterocycles. The highest BCUT2D eigenvalue weighted by molar-refractivity contribution is 7.91. The average Bonchev–Trinajstić information content (AvgIpc) is 2.91. The molecular formula is C12H19N5O2S2. The van der Waals surface area contributed by atoms with Crippen molar-refractivity contribution in [3.63, 3.8) is 0 Å². The van der Waals surface area contributed by atoms with Gasteiger partial charge in [0.15, 0.2) is 14.9 Å². The number of aromatic nitrogens is 2. The van der Waals surface area contributed by atoms with Gasteiger partial charge >= 0.3 is 0 Å². The molecule has 1 atom stereocenters. The second-order valence-electron chi connectivity index (χ2n) is 5.04. The molecule has 1 aromatic rings. The van der Waals surface area contributed by atoms with Crippen molar-refractivity contribution in [2.24, 2.45) is 5.10 Å². The molecule has 0 aromatic carbocycles. The molecule has 0 saturated carbocycles. The quantitative estimate of drug-likeness (QED) is 0.471. The van der Waals surface area contributed by atoms with Crippen LogP contribution in [0, 0.1) is 13.8 Å². The number of hydrogen-bond acceptors (Lipinski definition) is 5. The summed E-state index contributed by atoms with van der Waals surface area (Å²) in [5.41, 5.74) is 5.29. The van der Waals surface area contributed by atoms with Crippen molar-refractivity contribution >= 4 is 33.4 Å². The second kappa shape index (κ2) is 6.10. The first-order chi connectivity index (χ1) is 9.84. The average molecular weight is 329 g/mol. The molecule has 0 aliphatic carbocycles. The summed E-state index contributed by atoms with van der Waals surface area (Å²) in [5, 5.41) is 11.7. The lowest BCUT2D eigenvalue weighted by Crippen LogP contribution is -2.28. The van der Waals surface area contributed by atoms with Crippen LogP contribution in [0.2, 0.25) is 0 Å². The molecule has 1 aliphatic heterocycles. The van der Waals surface area contributed by atoms with Crippen LogP contribution in [0.25, 0.3) is 0 Å². The van der Waals surface area contributed by atoms with Crippen molar-refractivity contribution in [3.05, 3.63) is 17.0 Å². The molecule has 116 valence electrons. The van der Waals surface area contributed by atoms with Gasteiger partial charge in [-0.25, -0.2) is 8.42 Å². The molecular weight excluding hydrogens is 310 g/mol. The summed E-state index contributed by atoms with van der Waals surface area (Å²) in [5.74, 6) is 0.394. The number of rotatable bonds is 3. The van der Waals surface area contributed by atoms with E-state index in [0.717, 1.165) is 17.0 Å². The van der Waals surface area contributed by atoms with Crippen LogP contribution >= 0.6 is 12.2 Å². The van der Waals surface area contributed by atoms with Gasteiger partial charge in [-0.15, -0.1) is 0 Å². The number of hydrogen-bond donors (Lipinski definition) is 2. The maximum absolute atomic E-state index is 11.6. The first-order valence-corrected chi connectivity index (χ1v) is 8.84. The fourth-order valence-electron chi connectivity index (χ4n) is 2.40. The lowest BCUT2D eigenvalue weighted by atomic mass is 10.2. The van der Waals surface area contributed by atoms with Gasteiger partial charge in [-0.1, -0.05) is 0 Å². The highest BCUT2D eigenvalue weighted by atomic mass is 32.2. The molecule has 2 rings (SSSR count). The fourth-order valence-corrected chi connectivity index (χ4v) is 4.14. The summed E-state index contributed by atoms with van der Waals surface area (Å²) >= 11 is 4.93. The Kier molecular flexibility index (Phi) is 4.62. The van der Waals surface area contributed by atoms with Gasteiger partial charge in [-0.05, 0) is 32.5 Å². The largest absolute Gasteiger partial charge is 0.364 e. The maximum Gasteiger partial charge on any atom is 0.186 e. The van der Waals surface area contributed by atoms with Crippen molar-refractivity contribution in [2.45, 2.75) is 26.3 Å². The van der Waals surface area contributed by atoms with Gasteiger partial charge in [0.1, 0.15) is 0 Å². The van der Waals surface area contributed by atoms with Gasteiger partial charge in [0.25, 0.3) is 0 Å². The molecule has 2 N–H and O–H groups in total. The van der Waals surface area contributed by atoms with Gasteiger partial charge in [0.05, 0.1) is 29.5 Å². The first-order valence-electron chi connectivity index (χ1n) is 6.61. The molecule has 7 nitrogen and oxygen atoms in total. The van der Waals surface area contributed by atoms with Crippen molar-refractivity contribution in [1.29, 1.82) is 0 Å². The van der Waals surface area contributed by atoms with Gasteiger partial charge in [-0.3, -0.25) is 10.1 Å². The number of nitrogens with one attached hydrogen (secondary N) is 2. The summed E-state index contributed by atoms with van der Waals surface area (Å²) in [4.78, 5) is 0.